The predicted molar refractivity (Wildman–Crippen MR) is 56.4 cm³/mol. The summed E-state index contributed by atoms with van der Waals surface area (Å²) in [5.74, 6) is 0.166. The van der Waals surface area contributed by atoms with Crippen LogP contribution in [0.2, 0.25) is 0 Å². The van der Waals surface area contributed by atoms with Crippen molar-refractivity contribution in [1.82, 2.24) is 5.32 Å². The normalized spacial score (nSPS) is 24.9. The molecular formula is C9H17NO4S. The number of hydrogen-bond acceptors (Lipinski definition) is 4. The van der Waals surface area contributed by atoms with E-state index >= 15 is 0 Å². The van der Waals surface area contributed by atoms with E-state index in [1.807, 2.05) is 0 Å². The molecule has 1 rings (SSSR count). The Labute approximate surface area is 90.1 Å². The zero-order chi connectivity index (χ0) is 11.7. The average Bonchev–Trinajstić information content (AvgIpc) is 2.25. The first-order valence-electron chi connectivity index (χ1n) is 4.88. The Balaban J connectivity index is 2.41. The fraction of sp³-hybridized carbons (Fsp3) is 0.889. The van der Waals surface area contributed by atoms with Crippen LogP contribution in [0.3, 0.4) is 0 Å². The Bertz CT molecular complexity index is 342. The zero-order valence-corrected chi connectivity index (χ0v) is 10.1. The monoisotopic (exact) mass is 235 g/mol. The molecule has 1 saturated heterocycles. The van der Waals surface area contributed by atoms with Crippen LogP contribution in [0.4, 0.5) is 4.79 Å². The van der Waals surface area contributed by atoms with Gasteiger partial charge in [0.25, 0.3) is 0 Å². The Morgan fingerprint density at radius 3 is 2.40 bits per heavy atom. The van der Waals surface area contributed by atoms with Crippen LogP contribution < -0.4 is 5.32 Å². The minimum absolute atomic E-state index is 0.0201. The molecule has 0 aromatic heterocycles. The van der Waals surface area contributed by atoms with Crippen LogP contribution in [0.1, 0.15) is 27.2 Å². The first kappa shape index (κ1) is 12.3. The number of rotatable bonds is 1. The molecule has 0 aromatic rings. The highest BCUT2D eigenvalue weighted by atomic mass is 32.2. The molecule has 0 radical (unpaired) electrons. The molecule has 0 aliphatic carbocycles. The van der Waals surface area contributed by atoms with Crippen LogP contribution in [-0.4, -0.2) is 37.7 Å². The lowest BCUT2D eigenvalue weighted by Crippen LogP contribution is -2.39. The van der Waals surface area contributed by atoms with Gasteiger partial charge in [-0.2, -0.15) is 0 Å². The van der Waals surface area contributed by atoms with Crippen molar-refractivity contribution >= 4 is 15.9 Å². The molecule has 6 heteroatoms. The highest BCUT2D eigenvalue weighted by Gasteiger charge is 2.30. The van der Waals surface area contributed by atoms with Gasteiger partial charge in [-0.05, 0) is 27.2 Å². The van der Waals surface area contributed by atoms with Crippen molar-refractivity contribution in [3.05, 3.63) is 0 Å². The number of carbonyl (C=O) groups is 1. The topological polar surface area (TPSA) is 72.5 Å². The molecule has 1 heterocycles. The number of amides is 1. The van der Waals surface area contributed by atoms with Crippen molar-refractivity contribution in [1.29, 1.82) is 0 Å². The van der Waals surface area contributed by atoms with Crippen molar-refractivity contribution in [2.24, 2.45) is 0 Å². The highest BCUT2D eigenvalue weighted by Crippen LogP contribution is 2.12. The molecule has 1 atom stereocenters. The third-order valence-electron chi connectivity index (χ3n) is 1.95. The van der Waals surface area contributed by atoms with E-state index in [0.717, 1.165) is 0 Å². The summed E-state index contributed by atoms with van der Waals surface area (Å²) in [6, 6.07) is -0.301. The smallest absolute Gasteiger partial charge is 0.407 e. The van der Waals surface area contributed by atoms with Gasteiger partial charge in [0, 0.05) is 6.04 Å². The molecule has 0 saturated carbocycles. The van der Waals surface area contributed by atoms with E-state index in [-0.39, 0.29) is 17.5 Å². The van der Waals surface area contributed by atoms with Crippen molar-refractivity contribution in [3.8, 4) is 0 Å². The Kier molecular flexibility index (Phi) is 3.28. The van der Waals surface area contributed by atoms with Crippen LogP contribution in [0.25, 0.3) is 0 Å². The number of nitrogens with one attached hydrogen (secondary N) is 1. The molecule has 1 N–H and O–H groups in total. The number of hydrogen-bond donors (Lipinski definition) is 1. The van der Waals surface area contributed by atoms with Crippen LogP contribution in [-0.2, 0) is 14.6 Å². The first-order valence-corrected chi connectivity index (χ1v) is 6.70. The third kappa shape index (κ3) is 4.51. The van der Waals surface area contributed by atoms with E-state index in [0.29, 0.717) is 6.42 Å². The molecule has 88 valence electrons. The van der Waals surface area contributed by atoms with E-state index in [1.54, 1.807) is 20.8 Å². The van der Waals surface area contributed by atoms with Crippen molar-refractivity contribution < 1.29 is 17.9 Å². The van der Waals surface area contributed by atoms with Crippen LogP contribution in [0.5, 0.6) is 0 Å². The summed E-state index contributed by atoms with van der Waals surface area (Å²) in [6.45, 7) is 5.29. The van der Waals surface area contributed by atoms with Gasteiger partial charge in [-0.3, -0.25) is 0 Å². The van der Waals surface area contributed by atoms with Gasteiger partial charge < -0.3 is 10.1 Å². The van der Waals surface area contributed by atoms with Crippen LogP contribution in [0, 0.1) is 0 Å². The van der Waals surface area contributed by atoms with E-state index in [9.17, 15) is 13.2 Å². The minimum atomic E-state index is -2.96. The molecule has 0 aromatic carbocycles. The lowest BCUT2D eigenvalue weighted by atomic mass is 10.2. The second kappa shape index (κ2) is 4.00. The summed E-state index contributed by atoms with van der Waals surface area (Å²) in [6.07, 6.45) is -0.0775. The van der Waals surface area contributed by atoms with E-state index in [4.69, 9.17) is 4.74 Å². The molecule has 15 heavy (non-hydrogen) atoms. The fourth-order valence-electron chi connectivity index (χ4n) is 1.38. The Hall–Kier alpha value is -0.780. The first-order chi connectivity index (χ1) is 6.68. The van der Waals surface area contributed by atoms with Gasteiger partial charge in [-0.15, -0.1) is 0 Å². The summed E-state index contributed by atoms with van der Waals surface area (Å²) in [4.78, 5) is 11.3. The van der Waals surface area contributed by atoms with Gasteiger partial charge in [0.1, 0.15) is 5.60 Å². The van der Waals surface area contributed by atoms with Crippen LogP contribution in [0.15, 0.2) is 0 Å². The number of sulfone groups is 1. The summed E-state index contributed by atoms with van der Waals surface area (Å²) in [7, 11) is -2.96. The molecule has 1 aliphatic rings. The number of alkyl carbamates (subject to hydrolysis) is 1. The van der Waals surface area contributed by atoms with Crippen LogP contribution >= 0.6 is 0 Å². The summed E-state index contributed by atoms with van der Waals surface area (Å²) in [5, 5.41) is 2.55. The molecule has 0 spiro atoms. The second-order valence-corrected chi connectivity index (χ2v) is 6.97. The fourth-order valence-corrected chi connectivity index (χ4v) is 3.06. The van der Waals surface area contributed by atoms with Gasteiger partial charge in [0.15, 0.2) is 9.84 Å². The standard InChI is InChI=1S/C9H17NO4S/c1-9(2,3)14-8(11)10-7-4-5-15(12,13)6-7/h7H,4-6H2,1-3H3,(H,10,11)/t7-/m0/s1. The lowest BCUT2D eigenvalue weighted by molar-refractivity contribution is 0.0510. The van der Waals surface area contributed by atoms with Gasteiger partial charge in [-0.1, -0.05) is 0 Å². The maximum absolute atomic E-state index is 11.3. The summed E-state index contributed by atoms with van der Waals surface area (Å²) < 4.78 is 27.3. The van der Waals surface area contributed by atoms with E-state index < -0.39 is 21.5 Å². The Morgan fingerprint density at radius 2 is 2.00 bits per heavy atom. The van der Waals surface area contributed by atoms with Gasteiger partial charge in [0.05, 0.1) is 11.5 Å². The van der Waals surface area contributed by atoms with Crippen molar-refractivity contribution in [3.63, 3.8) is 0 Å². The third-order valence-corrected chi connectivity index (χ3v) is 3.72. The summed E-state index contributed by atoms with van der Waals surface area (Å²) in [5.41, 5.74) is -0.554. The molecule has 1 aliphatic heterocycles. The zero-order valence-electron chi connectivity index (χ0n) is 9.24. The maximum atomic E-state index is 11.3. The minimum Gasteiger partial charge on any atom is -0.444 e. The maximum Gasteiger partial charge on any atom is 0.407 e. The van der Waals surface area contributed by atoms with E-state index in [2.05, 4.69) is 5.32 Å². The number of carbonyl (C=O) groups excluding carboxylic acids is 1. The van der Waals surface area contributed by atoms with E-state index in [1.165, 1.54) is 0 Å². The average molecular weight is 235 g/mol. The van der Waals surface area contributed by atoms with Crippen molar-refractivity contribution in [2.75, 3.05) is 11.5 Å². The van der Waals surface area contributed by atoms with Gasteiger partial charge >= 0.3 is 6.09 Å². The molecule has 0 unspecified atom stereocenters. The number of ether oxygens (including phenoxy) is 1. The molecule has 0 bridgehead atoms. The van der Waals surface area contributed by atoms with Crippen molar-refractivity contribution in [2.45, 2.75) is 38.8 Å². The second-order valence-electron chi connectivity index (χ2n) is 4.75. The predicted octanol–water partition coefficient (Wildman–Crippen LogP) is 0.698. The summed E-state index contributed by atoms with van der Waals surface area (Å²) >= 11 is 0. The molecule has 5 nitrogen and oxygen atoms in total. The Morgan fingerprint density at radius 1 is 1.40 bits per heavy atom. The SMILES string of the molecule is CC(C)(C)OC(=O)N[C@H]1CCS(=O)(=O)C1. The van der Waals surface area contributed by atoms with Gasteiger partial charge in [-0.25, -0.2) is 13.2 Å². The lowest BCUT2D eigenvalue weighted by Gasteiger charge is -2.21. The molecule has 1 fully saturated rings. The molecule has 1 amide bonds. The highest BCUT2D eigenvalue weighted by molar-refractivity contribution is 7.91. The molecular weight excluding hydrogens is 218 g/mol. The largest absolute Gasteiger partial charge is 0.444 e. The quantitative estimate of drug-likeness (QED) is 0.726. The van der Waals surface area contributed by atoms with Gasteiger partial charge in [0.2, 0.25) is 0 Å².